The molecule has 9 heteroatoms. The molecule has 0 radical (unpaired) electrons. The van der Waals surface area contributed by atoms with Gasteiger partial charge in [-0.2, -0.15) is 13.2 Å². The van der Waals surface area contributed by atoms with Gasteiger partial charge >= 0.3 is 6.18 Å². The molecule has 0 bridgehead atoms. The van der Waals surface area contributed by atoms with Crippen LogP contribution in [0.2, 0.25) is 0 Å². The van der Waals surface area contributed by atoms with Crippen LogP contribution in [0.25, 0.3) is 0 Å². The van der Waals surface area contributed by atoms with Crippen molar-refractivity contribution in [2.75, 3.05) is 18.8 Å². The highest BCUT2D eigenvalue weighted by molar-refractivity contribution is 7.92. The molecule has 2 fully saturated rings. The van der Waals surface area contributed by atoms with Crippen LogP contribution in [-0.2, 0) is 14.6 Å². The van der Waals surface area contributed by atoms with Crippen LogP contribution < -0.4 is 5.32 Å². The average molecular weight is 300 g/mol. The molecule has 1 N–H and O–H groups in total. The number of carbonyl (C=O) groups excluding carboxylic acids is 1. The molecule has 0 aromatic heterocycles. The van der Waals surface area contributed by atoms with Crippen molar-refractivity contribution in [3.63, 3.8) is 0 Å². The van der Waals surface area contributed by atoms with E-state index in [4.69, 9.17) is 0 Å². The highest BCUT2D eigenvalue weighted by atomic mass is 32.2. The van der Waals surface area contributed by atoms with Crippen LogP contribution in [0, 0.1) is 0 Å². The third kappa shape index (κ3) is 3.02. The summed E-state index contributed by atoms with van der Waals surface area (Å²) >= 11 is 0. The number of sulfone groups is 1. The van der Waals surface area contributed by atoms with Crippen LogP contribution in [0.5, 0.6) is 0 Å². The average Bonchev–Trinajstić information content (AvgIpc) is 2.49. The summed E-state index contributed by atoms with van der Waals surface area (Å²) < 4.78 is 62.7. The lowest BCUT2D eigenvalue weighted by Crippen LogP contribution is -2.54. The molecule has 2 aliphatic rings. The van der Waals surface area contributed by atoms with Crippen LogP contribution in [-0.4, -0.2) is 55.7 Å². The molecule has 0 aliphatic carbocycles. The molecule has 110 valence electrons. The molecule has 2 saturated heterocycles. The number of amides is 1. The molecule has 2 aliphatic heterocycles. The van der Waals surface area contributed by atoms with Gasteiger partial charge in [-0.1, -0.05) is 0 Å². The van der Waals surface area contributed by atoms with Gasteiger partial charge in [0.15, 0.2) is 9.84 Å². The summed E-state index contributed by atoms with van der Waals surface area (Å²) in [7, 11) is -3.53. The molecular weight excluding hydrogens is 285 g/mol. The minimum Gasteiger partial charge on any atom is -0.354 e. The zero-order chi connectivity index (χ0) is 14.3. The summed E-state index contributed by atoms with van der Waals surface area (Å²) in [4.78, 5) is 12.2. The van der Waals surface area contributed by atoms with Gasteiger partial charge in [0.25, 0.3) is 0 Å². The first-order valence-corrected chi connectivity index (χ1v) is 7.74. The van der Waals surface area contributed by atoms with Crippen LogP contribution in [0.4, 0.5) is 13.2 Å². The van der Waals surface area contributed by atoms with E-state index >= 15 is 0 Å². The molecule has 0 aromatic carbocycles. The summed E-state index contributed by atoms with van der Waals surface area (Å²) in [6.07, 6.45) is -4.10. The van der Waals surface area contributed by atoms with Crippen LogP contribution in [0.15, 0.2) is 0 Å². The Balaban J connectivity index is 2.30. The third-order valence-corrected chi connectivity index (χ3v) is 5.73. The zero-order valence-electron chi connectivity index (χ0n) is 10.1. The van der Waals surface area contributed by atoms with E-state index in [0.29, 0.717) is 6.42 Å². The molecule has 19 heavy (non-hydrogen) atoms. The van der Waals surface area contributed by atoms with Gasteiger partial charge in [0.2, 0.25) is 5.91 Å². The van der Waals surface area contributed by atoms with E-state index < -0.39 is 39.9 Å². The first-order valence-electron chi connectivity index (χ1n) is 6.02. The second-order valence-corrected chi connectivity index (χ2v) is 7.09. The zero-order valence-corrected chi connectivity index (χ0v) is 10.9. The fourth-order valence-electron chi connectivity index (χ4n) is 2.60. The Kier molecular flexibility index (Phi) is 3.78. The van der Waals surface area contributed by atoms with Gasteiger partial charge in [-0.15, -0.1) is 0 Å². The fourth-order valence-corrected chi connectivity index (χ4v) is 4.63. The van der Waals surface area contributed by atoms with E-state index in [9.17, 15) is 26.4 Å². The predicted octanol–water partition coefficient (Wildman–Crippen LogP) is 0.274. The lowest BCUT2D eigenvalue weighted by atomic mass is 10.2. The Hall–Kier alpha value is -0.830. The van der Waals surface area contributed by atoms with E-state index in [2.05, 4.69) is 5.32 Å². The van der Waals surface area contributed by atoms with Gasteiger partial charge in [-0.25, -0.2) is 8.42 Å². The summed E-state index contributed by atoms with van der Waals surface area (Å²) in [6.45, 7) is -0.770. The summed E-state index contributed by atoms with van der Waals surface area (Å²) in [5.41, 5.74) is 0. The predicted molar refractivity (Wildman–Crippen MR) is 61.0 cm³/mol. The van der Waals surface area contributed by atoms with Crippen molar-refractivity contribution in [1.82, 2.24) is 10.2 Å². The van der Waals surface area contributed by atoms with Crippen molar-refractivity contribution in [2.24, 2.45) is 0 Å². The monoisotopic (exact) mass is 300 g/mol. The lowest BCUT2D eigenvalue weighted by molar-refractivity contribution is -0.182. The maximum absolute atomic E-state index is 13.0. The fraction of sp³-hybridized carbons (Fsp3) is 0.900. The maximum Gasteiger partial charge on any atom is 0.405 e. The Labute approximate surface area is 109 Å². The van der Waals surface area contributed by atoms with Gasteiger partial charge in [0, 0.05) is 19.5 Å². The molecule has 0 saturated carbocycles. The Morgan fingerprint density at radius 3 is 2.53 bits per heavy atom. The molecule has 0 aromatic rings. The summed E-state index contributed by atoms with van der Waals surface area (Å²) in [6, 6.07) is -1.93. The van der Waals surface area contributed by atoms with E-state index in [0.717, 1.165) is 4.90 Å². The molecule has 5 nitrogen and oxygen atoms in total. The maximum atomic E-state index is 13.0. The number of alkyl halides is 3. The molecular formula is C10H15F3N2O3S. The Bertz CT molecular complexity index is 463. The third-order valence-electron chi connectivity index (χ3n) is 3.53. The number of hydrogen-bond donors (Lipinski definition) is 1. The van der Waals surface area contributed by atoms with Crippen molar-refractivity contribution in [3.05, 3.63) is 0 Å². The Morgan fingerprint density at radius 1 is 1.32 bits per heavy atom. The normalized spacial score (nSPS) is 32.9. The quantitative estimate of drug-likeness (QED) is 0.755. The SMILES string of the molecule is O=C1CCN(C2CCCS2(=O)=O)C(C(F)(F)F)CN1. The molecule has 0 spiro atoms. The van der Waals surface area contributed by atoms with Crippen molar-refractivity contribution in [1.29, 1.82) is 0 Å². The van der Waals surface area contributed by atoms with E-state index in [-0.39, 0.29) is 25.1 Å². The molecule has 1 amide bonds. The highest BCUT2D eigenvalue weighted by Gasteiger charge is 2.50. The van der Waals surface area contributed by atoms with Gasteiger partial charge in [-0.3, -0.25) is 9.69 Å². The topological polar surface area (TPSA) is 66.5 Å². The van der Waals surface area contributed by atoms with Gasteiger partial charge in [0.05, 0.1) is 5.75 Å². The van der Waals surface area contributed by atoms with Crippen LogP contribution in [0.3, 0.4) is 0 Å². The number of carbonyl (C=O) groups is 1. The van der Waals surface area contributed by atoms with E-state index in [1.54, 1.807) is 0 Å². The second-order valence-electron chi connectivity index (χ2n) is 4.81. The number of nitrogens with one attached hydrogen (secondary N) is 1. The minimum absolute atomic E-state index is 0.0832. The van der Waals surface area contributed by atoms with E-state index in [1.165, 1.54) is 0 Å². The van der Waals surface area contributed by atoms with Crippen LogP contribution >= 0.6 is 0 Å². The minimum atomic E-state index is -4.56. The summed E-state index contributed by atoms with van der Waals surface area (Å²) in [5, 5.41) is 1.07. The molecule has 2 unspecified atom stereocenters. The first-order chi connectivity index (χ1) is 8.72. The number of halogens is 3. The smallest absolute Gasteiger partial charge is 0.354 e. The van der Waals surface area contributed by atoms with Crippen molar-refractivity contribution in [3.8, 4) is 0 Å². The Morgan fingerprint density at radius 2 is 2.00 bits per heavy atom. The second kappa shape index (κ2) is 4.93. The van der Waals surface area contributed by atoms with Gasteiger partial charge in [0.1, 0.15) is 11.4 Å². The van der Waals surface area contributed by atoms with Gasteiger partial charge in [-0.05, 0) is 12.8 Å². The number of nitrogens with zero attached hydrogens (tertiary/aromatic N) is 1. The van der Waals surface area contributed by atoms with Crippen molar-refractivity contribution >= 4 is 15.7 Å². The highest BCUT2D eigenvalue weighted by Crippen LogP contribution is 2.32. The van der Waals surface area contributed by atoms with Gasteiger partial charge < -0.3 is 5.32 Å². The number of hydrogen-bond acceptors (Lipinski definition) is 4. The van der Waals surface area contributed by atoms with Crippen molar-refractivity contribution in [2.45, 2.75) is 36.9 Å². The van der Waals surface area contributed by atoms with Crippen molar-refractivity contribution < 1.29 is 26.4 Å². The standard InChI is InChI=1S/C10H15F3N2O3S/c11-10(12,13)7-6-14-8(16)3-4-15(7)9-2-1-5-19(9,17)18/h7,9H,1-6H2,(H,14,16). The lowest BCUT2D eigenvalue weighted by Gasteiger charge is -2.34. The largest absolute Gasteiger partial charge is 0.405 e. The molecule has 2 heterocycles. The first kappa shape index (κ1) is 14.6. The number of rotatable bonds is 1. The summed E-state index contributed by atoms with van der Waals surface area (Å²) in [5.74, 6) is -0.563. The molecule has 2 atom stereocenters. The molecule has 2 rings (SSSR count). The van der Waals surface area contributed by atoms with Crippen LogP contribution in [0.1, 0.15) is 19.3 Å². The van der Waals surface area contributed by atoms with E-state index in [1.807, 2.05) is 0 Å².